The molecule has 2 rings (SSSR count). The van der Waals surface area contributed by atoms with E-state index in [4.69, 9.17) is 10.5 Å². The van der Waals surface area contributed by atoms with Crippen LogP contribution in [0, 0.1) is 17.3 Å². The van der Waals surface area contributed by atoms with Crippen LogP contribution in [0.15, 0.2) is 0 Å². The number of hydrogen-bond donors (Lipinski definition) is 1. The molecular weight excluding hydrogens is 162 g/mol. The van der Waals surface area contributed by atoms with Crippen LogP contribution in [0.1, 0.15) is 32.1 Å². The monoisotopic (exact) mass is 183 g/mol. The predicted octanol–water partition coefficient (Wildman–Crippen LogP) is 1.79. The Bertz CT molecular complexity index is 171. The molecule has 2 aliphatic carbocycles. The zero-order valence-corrected chi connectivity index (χ0v) is 8.59. The SMILES string of the molecule is COCCCC1(CN)CC2CC2C1. The average Bonchev–Trinajstić information content (AvgIpc) is 2.76. The summed E-state index contributed by atoms with van der Waals surface area (Å²) in [6, 6.07) is 0. The van der Waals surface area contributed by atoms with Crippen LogP contribution in [0.25, 0.3) is 0 Å². The first kappa shape index (κ1) is 9.47. The molecule has 0 aromatic heterocycles. The maximum Gasteiger partial charge on any atom is 0.0462 e. The van der Waals surface area contributed by atoms with Crippen molar-refractivity contribution < 1.29 is 4.74 Å². The van der Waals surface area contributed by atoms with Crippen molar-refractivity contribution >= 4 is 0 Å². The standard InChI is InChI=1S/C11H21NO/c1-13-4-2-3-11(8-12)6-9-5-10(9)7-11/h9-10H,2-8,12H2,1H3. The maximum atomic E-state index is 5.89. The highest BCUT2D eigenvalue weighted by molar-refractivity contribution is 5.03. The Labute approximate surface area is 80.8 Å². The first-order chi connectivity index (χ1) is 6.29. The van der Waals surface area contributed by atoms with Crippen LogP contribution >= 0.6 is 0 Å². The van der Waals surface area contributed by atoms with E-state index in [2.05, 4.69) is 0 Å². The third-order valence-electron chi connectivity index (χ3n) is 3.95. The number of fused-ring (bicyclic) bond motifs is 1. The van der Waals surface area contributed by atoms with E-state index in [1.165, 1.54) is 32.1 Å². The first-order valence-corrected chi connectivity index (χ1v) is 5.49. The first-order valence-electron chi connectivity index (χ1n) is 5.49. The van der Waals surface area contributed by atoms with E-state index < -0.39 is 0 Å². The smallest absolute Gasteiger partial charge is 0.0462 e. The molecule has 0 amide bonds. The van der Waals surface area contributed by atoms with Gasteiger partial charge in [-0.05, 0) is 55.9 Å². The molecule has 2 N–H and O–H groups in total. The van der Waals surface area contributed by atoms with Gasteiger partial charge >= 0.3 is 0 Å². The lowest BCUT2D eigenvalue weighted by Gasteiger charge is -2.29. The highest BCUT2D eigenvalue weighted by atomic mass is 16.5. The summed E-state index contributed by atoms with van der Waals surface area (Å²) in [6.45, 7) is 1.79. The van der Waals surface area contributed by atoms with Gasteiger partial charge < -0.3 is 10.5 Å². The number of methoxy groups -OCH3 is 1. The molecule has 2 atom stereocenters. The fourth-order valence-electron chi connectivity index (χ4n) is 3.07. The van der Waals surface area contributed by atoms with Gasteiger partial charge in [0, 0.05) is 13.7 Å². The number of hydrogen-bond acceptors (Lipinski definition) is 2. The third-order valence-corrected chi connectivity index (χ3v) is 3.95. The zero-order valence-electron chi connectivity index (χ0n) is 8.59. The largest absolute Gasteiger partial charge is 0.385 e. The van der Waals surface area contributed by atoms with Crippen LogP contribution in [0.5, 0.6) is 0 Å². The lowest BCUT2D eigenvalue weighted by molar-refractivity contribution is 0.162. The second-order valence-electron chi connectivity index (χ2n) is 4.96. The molecule has 2 saturated carbocycles. The van der Waals surface area contributed by atoms with Gasteiger partial charge in [-0.2, -0.15) is 0 Å². The summed E-state index contributed by atoms with van der Waals surface area (Å²) in [5.74, 6) is 2.09. The van der Waals surface area contributed by atoms with Gasteiger partial charge in [0.25, 0.3) is 0 Å². The minimum absolute atomic E-state index is 0.506. The summed E-state index contributed by atoms with van der Waals surface area (Å²) in [6.07, 6.45) is 6.76. The van der Waals surface area contributed by atoms with Crippen molar-refractivity contribution in [2.75, 3.05) is 20.3 Å². The Morgan fingerprint density at radius 3 is 2.62 bits per heavy atom. The molecule has 13 heavy (non-hydrogen) atoms. The highest BCUT2D eigenvalue weighted by Gasteiger charge is 2.52. The summed E-state index contributed by atoms with van der Waals surface area (Å²) in [5, 5.41) is 0. The van der Waals surface area contributed by atoms with Gasteiger partial charge in [0.1, 0.15) is 0 Å². The second-order valence-corrected chi connectivity index (χ2v) is 4.96. The van der Waals surface area contributed by atoms with Crippen LogP contribution in [0.4, 0.5) is 0 Å². The van der Waals surface area contributed by atoms with Gasteiger partial charge in [-0.25, -0.2) is 0 Å². The number of ether oxygens (including phenoxy) is 1. The summed E-state index contributed by atoms with van der Waals surface area (Å²) >= 11 is 0. The van der Waals surface area contributed by atoms with Gasteiger partial charge in [-0.15, -0.1) is 0 Å². The van der Waals surface area contributed by atoms with Gasteiger partial charge in [-0.1, -0.05) is 0 Å². The molecule has 0 bridgehead atoms. The molecule has 2 unspecified atom stereocenters. The Morgan fingerprint density at radius 1 is 1.38 bits per heavy atom. The molecule has 0 saturated heterocycles. The van der Waals surface area contributed by atoms with E-state index in [9.17, 15) is 0 Å². The van der Waals surface area contributed by atoms with E-state index in [0.717, 1.165) is 25.0 Å². The van der Waals surface area contributed by atoms with E-state index in [0.29, 0.717) is 5.41 Å². The van der Waals surface area contributed by atoms with E-state index in [1.807, 2.05) is 0 Å². The van der Waals surface area contributed by atoms with Crippen molar-refractivity contribution in [2.45, 2.75) is 32.1 Å². The topological polar surface area (TPSA) is 35.2 Å². The quantitative estimate of drug-likeness (QED) is 0.659. The average molecular weight is 183 g/mol. The van der Waals surface area contributed by atoms with Gasteiger partial charge in [0.2, 0.25) is 0 Å². The van der Waals surface area contributed by atoms with Crippen LogP contribution in [-0.2, 0) is 4.74 Å². The Hall–Kier alpha value is -0.0800. The number of rotatable bonds is 5. The minimum atomic E-state index is 0.506. The molecular formula is C11H21NO. The lowest BCUT2D eigenvalue weighted by Crippen LogP contribution is -2.29. The van der Waals surface area contributed by atoms with Crippen molar-refractivity contribution in [2.24, 2.45) is 23.0 Å². The number of nitrogens with two attached hydrogens (primary N) is 1. The fourth-order valence-corrected chi connectivity index (χ4v) is 3.07. The molecule has 0 radical (unpaired) electrons. The van der Waals surface area contributed by atoms with E-state index in [1.54, 1.807) is 7.11 Å². The summed E-state index contributed by atoms with van der Waals surface area (Å²) in [7, 11) is 1.78. The molecule has 0 spiro atoms. The molecule has 76 valence electrons. The second kappa shape index (κ2) is 3.58. The van der Waals surface area contributed by atoms with Crippen molar-refractivity contribution in [3.8, 4) is 0 Å². The Kier molecular flexibility index (Phi) is 2.61. The van der Waals surface area contributed by atoms with Gasteiger partial charge in [0.15, 0.2) is 0 Å². The van der Waals surface area contributed by atoms with Crippen LogP contribution in [0.3, 0.4) is 0 Å². The summed E-state index contributed by atoms with van der Waals surface area (Å²) in [5.41, 5.74) is 6.40. The van der Waals surface area contributed by atoms with Crippen LogP contribution < -0.4 is 5.73 Å². The van der Waals surface area contributed by atoms with Crippen LogP contribution in [-0.4, -0.2) is 20.3 Å². The summed E-state index contributed by atoms with van der Waals surface area (Å²) in [4.78, 5) is 0. The molecule has 2 aliphatic rings. The molecule has 0 heterocycles. The molecule has 0 aromatic rings. The lowest BCUT2D eigenvalue weighted by atomic mass is 9.79. The molecule has 0 aromatic carbocycles. The van der Waals surface area contributed by atoms with Crippen LogP contribution in [0.2, 0.25) is 0 Å². The minimum Gasteiger partial charge on any atom is -0.385 e. The van der Waals surface area contributed by atoms with Gasteiger partial charge in [0.05, 0.1) is 0 Å². The van der Waals surface area contributed by atoms with Crippen molar-refractivity contribution in [3.05, 3.63) is 0 Å². The molecule has 2 heteroatoms. The van der Waals surface area contributed by atoms with Crippen molar-refractivity contribution in [1.29, 1.82) is 0 Å². The normalized spacial score (nSPS) is 42.0. The predicted molar refractivity (Wildman–Crippen MR) is 53.4 cm³/mol. The Morgan fingerprint density at radius 2 is 2.08 bits per heavy atom. The van der Waals surface area contributed by atoms with Gasteiger partial charge in [-0.3, -0.25) is 0 Å². The maximum absolute atomic E-state index is 5.89. The van der Waals surface area contributed by atoms with Crippen molar-refractivity contribution in [1.82, 2.24) is 0 Å². The van der Waals surface area contributed by atoms with E-state index in [-0.39, 0.29) is 0 Å². The zero-order chi connectivity index (χ0) is 9.31. The Balaban J connectivity index is 1.78. The fraction of sp³-hybridized carbons (Fsp3) is 1.00. The van der Waals surface area contributed by atoms with Crippen molar-refractivity contribution in [3.63, 3.8) is 0 Å². The summed E-state index contributed by atoms with van der Waals surface area (Å²) < 4.78 is 5.09. The molecule has 2 fully saturated rings. The molecule has 0 aliphatic heterocycles. The van der Waals surface area contributed by atoms with E-state index >= 15 is 0 Å². The highest BCUT2D eigenvalue weighted by Crippen LogP contribution is 2.60. The third kappa shape index (κ3) is 1.89. The molecule has 2 nitrogen and oxygen atoms in total.